The van der Waals surface area contributed by atoms with Crippen LogP contribution < -0.4 is 10.1 Å². The molecule has 1 aromatic rings. The van der Waals surface area contributed by atoms with Crippen LogP contribution in [0.4, 0.5) is 0 Å². The lowest BCUT2D eigenvalue weighted by Crippen LogP contribution is -2.56. The van der Waals surface area contributed by atoms with Crippen molar-refractivity contribution >= 4 is 35.0 Å². The fourth-order valence-corrected chi connectivity index (χ4v) is 2.38. The maximum absolute atomic E-state index is 12.1. The molecule has 7 heteroatoms. The van der Waals surface area contributed by atoms with Crippen LogP contribution in [0.25, 0.3) is 0 Å². The van der Waals surface area contributed by atoms with E-state index in [-0.39, 0.29) is 24.8 Å². The highest BCUT2D eigenvalue weighted by atomic mass is 35.5. The van der Waals surface area contributed by atoms with Gasteiger partial charge in [0.15, 0.2) is 0 Å². The summed E-state index contributed by atoms with van der Waals surface area (Å²) in [6, 6.07) is 4.50. The highest BCUT2D eigenvalue weighted by Gasteiger charge is 2.28. The van der Waals surface area contributed by atoms with E-state index in [4.69, 9.17) is 27.9 Å². The summed E-state index contributed by atoms with van der Waals surface area (Å²) in [7, 11) is 0. The molecule has 1 saturated heterocycles. The third kappa shape index (κ3) is 4.02. The van der Waals surface area contributed by atoms with Crippen LogP contribution in [0.1, 0.15) is 13.3 Å². The minimum Gasteiger partial charge on any atom is -0.493 e. The van der Waals surface area contributed by atoms with Gasteiger partial charge in [-0.15, -0.1) is 0 Å². The molecule has 0 radical (unpaired) electrons. The summed E-state index contributed by atoms with van der Waals surface area (Å²) in [4.78, 5) is 25.2. The molecular formula is C14H16Cl2N2O3. The summed E-state index contributed by atoms with van der Waals surface area (Å²) in [6.07, 6.45) is 0.206. The number of hydrogen-bond donors (Lipinski definition) is 1. The number of halogens is 2. The van der Waals surface area contributed by atoms with Crippen molar-refractivity contribution in [2.75, 3.05) is 19.7 Å². The largest absolute Gasteiger partial charge is 0.493 e. The van der Waals surface area contributed by atoms with Gasteiger partial charge >= 0.3 is 0 Å². The number of hydrogen-bond acceptors (Lipinski definition) is 3. The van der Waals surface area contributed by atoms with Crippen molar-refractivity contribution in [3.8, 4) is 5.75 Å². The van der Waals surface area contributed by atoms with Crippen LogP contribution in [0.15, 0.2) is 18.2 Å². The summed E-state index contributed by atoms with van der Waals surface area (Å²) >= 11 is 11.7. The number of amides is 2. The quantitative estimate of drug-likeness (QED) is 0.919. The van der Waals surface area contributed by atoms with Crippen molar-refractivity contribution in [3.05, 3.63) is 28.2 Å². The molecule has 2 rings (SSSR count). The molecule has 1 unspecified atom stereocenters. The summed E-state index contributed by atoms with van der Waals surface area (Å²) in [5, 5.41) is 3.58. The van der Waals surface area contributed by atoms with Gasteiger partial charge in [0.05, 0.1) is 23.1 Å². The Morgan fingerprint density at radius 3 is 2.90 bits per heavy atom. The Morgan fingerprint density at radius 1 is 1.43 bits per heavy atom. The molecule has 1 aromatic carbocycles. The molecule has 114 valence electrons. The summed E-state index contributed by atoms with van der Waals surface area (Å²) in [5.41, 5.74) is 0. The molecule has 21 heavy (non-hydrogen) atoms. The number of carbonyl (C=O) groups excluding carboxylic acids is 2. The van der Waals surface area contributed by atoms with Crippen LogP contribution in [-0.2, 0) is 9.59 Å². The zero-order chi connectivity index (χ0) is 15.4. The molecule has 1 atom stereocenters. The minimum absolute atomic E-state index is 0.0996. The van der Waals surface area contributed by atoms with Gasteiger partial charge in [-0.1, -0.05) is 23.2 Å². The molecule has 1 N–H and O–H groups in total. The average molecular weight is 331 g/mol. The third-order valence-corrected chi connectivity index (χ3v) is 4.03. The SMILES string of the molecule is CC1C(=O)NCCN1C(=O)CCOc1ccc(Cl)c(Cl)c1. The monoisotopic (exact) mass is 330 g/mol. The van der Waals surface area contributed by atoms with E-state index in [0.717, 1.165) is 0 Å². The van der Waals surface area contributed by atoms with Crippen molar-refractivity contribution in [1.82, 2.24) is 10.2 Å². The van der Waals surface area contributed by atoms with Crippen molar-refractivity contribution in [3.63, 3.8) is 0 Å². The molecule has 1 aliphatic heterocycles. The zero-order valence-corrected chi connectivity index (χ0v) is 13.1. The number of ether oxygens (including phenoxy) is 1. The van der Waals surface area contributed by atoms with Gasteiger partial charge in [0, 0.05) is 19.2 Å². The van der Waals surface area contributed by atoms with Crippen LogP contribution in [-0.4, -0.2) is 42.5 Å². The van der Waals surface area contributed by atoms with E-state index in [2.05, 4.69) is 5.32 Å². The minimum atomic E-state index is -0.434. The topological polar surface area (TPSA) is 58.6 Å². The second-order valence-corrected chi connectivity index (χ2v) is 5.54. The van der Waals surface area contributed by atoms with E-state index >= 15 is 0 Å². The molecule has 0 aromatic heterocycles. The average Bonchev–Trinajstić information content (AvgIpc) is 2.45. The second kappa shape index (κ2) is 7.00. The predicted molar refractivity (Wildman–Crippen MR) is 80.8 cm³/mol. The number of benzene rings is 1. The molecule has 2 amide bonds. The molecule has 5 nitrogen and oxygen atoms in total. The van der Waals surface area contributed by atoms with Gasteiger partial charge in [-0.05, 0) is 19.1 Å². The van der Waals surface area contributed by atoms with Gasteiger partial charge in [-0.2, -0.15) is 0 Å². The maximum Gasteiger partial charge on any atom is 0.242 e. The van der Waals surface area contributed by atoms with Crippen LogP contribution in [0.5, 0.6) is 5.75 Å². The Bertz CT molecular complexity index is 551. The van der Waals surface area contributed by atoms with Crippen molar-refractivity contribution < 1.29 is 14.3 Å². The summed E-state index contributed by atoms with van der Waals surface area (Å²) in [5.74, 6) is 0.332. The number of rotatable bonds is 4. The molecule has 1 fully saturated rings. The van der Waals surface area contributed by atoms with Gasteiger partial charge in [-0.25, -0.2) is 0 Å². The lowest BCUT2D eigenvalue weighted by atomic mass is 10.2. The Hall–Kier alpha value is -1.46. The van der Waals surface area contributed by atoms with E-state index in [0.29, 0.717) is 28.9 Å². The zero-order valence-electron chi connectivity index (χ0n) is 11.6. The lowest BCUT2D eigenvalue weighted by Gasteiger charge is -2.32. The first kappa shape index (κ1) is 15.9. The molecule has 0 aliphatic carbocycles. The van der Waals surface area contributed by atoms with E-state index < -0.39 is 6.04 Å². The molecular weight excluding hydrogens is 315 g/mol. The first-order valence-corrected chi connectivity index (χ1v) is 7.39. The van der Waals surface area contributed by atoms with E-state index in [1.165, 1.54) is 0 Å². The number of nitrogens with zero attached hydrogens (tertiary/aromatic N) is 1. The van der Waals surface area contributed by atoms with E-state index in [9.17, 15) is 9.59 Å². The van der Waals surface area contributed by atoms with Gasteiger partial charge in [0.1, 0.15) is 11.8 Å². The maximum atomic E-state index is 12.1. The molecule has 0 saturated carbocycles. The number of nitrogens with one attached hydrogen (secondary N) is 1. The number of piperazine rings is 1. The molecule has 0 spiro atoms. The lowest BCUT2D eigenvalue weighted by molar-refractivity contribution is -0.142. The highest BCUT2D eigenvalue weighted by molar-refractivity contribution is 6.42. The predicted octanol–water partition coefficient (Wildman–Crippen LogP) is 2.11. The Balaban J connectivity index is 1.83. The fraction of sp³-hybridized carbons (Fsp3) is 0.429. The Labute approximate surface area is 133 Å². The van der Waals surface area contributed by atoms with E-state index in [1.807, 2.05) is 0 Å². The molecule has 1 aliphatic rings. The third-order valence-electron chi connectivity index (χ3n) is 3.29. The van der Waals surface area contributed by atoms with Gasteiger partial charge in [0.25, 0.3) is 0 Å². The summed E-state index contributed by atoms with van der Waals surface area (Å²) < 4.78 is 5.47. The molecule has 1 heterocycles. The fourth-order valence-electron chi connectivity index (χ4n) is 2.09. The normalized spacial score (nSPS) is 18.3. The van der Waals surface area contributed by atoms with Crippen molar-refractivity contribution in [2.24, 2.45) is 0 Å². The van der Waals surface area contributed by atoms with Gasteiger partial charge < -0.3 is 15.0 Å². The summed E-state index contributed by atoms with van der Waals surface area (Å²) in [6.45, 7) is 2.95. The molecule has 0 bridgehead atoms. The first-order chi connectivity index (χ1) is 9.99. The van der Waals surface area contributed by atoms with Gasteiger partial charge in [-0.3, -0.25) is 9.59 Å². The van der Waals surface area contributed by atoms with Crippen LogP contribution >= 0.6 is 23.2 Å². The second-order valence-electron chi connectivity index (χ2n) is 4.73. The number of carbonyl (C=O) groups is 2. The Morgan fingerprint density at radius 2 is 2.19 bits per heavy atom. The van der Waals surface area contributed by atoms with Gasteiger partial charge in [0.2, 0.25) is 11.8 Å². The van der Waals surface area contributed by atoms with Crippen LogP contribution in [0.2, 0.25) is 10.0 Å². The van der Waals surface area contributed by atoms with Crippen LogP contribution in [0, 0.1) is 0 Å². The highest BCUT2D eigenvalue weighted by Crippen LogP contribution is 2.26. The van der Waals surface area contributed by atoms with E-state index in [1.54, 1.807) is 30.0 Å². The first-order valence-electron chi connectivity index (χ1n) is 6.64. The Kier molecular flexibility index (Phi) is 5.31. The van der Waals surface area contributed by atoms with Crippen molar-refractivity contribution in [2.45, 2.75) is 19.4 Å². The smallest absolute Gasteiger partial charge is 0.242 e. The van der Waals surface area contributed by atoms with Crippen LogP contribution in [0.3, 0.4) is 0 Å². The van der Waals surface area contributed by atoms with Crippen molar-refractivity contribution in [1.29, 1.82) is 0 Å². The standard InChI is InChI=1S/C14H16Cl2N2O3/c1-9-14(20)17-5-6-18(9)13(19)4-7-21-10-2-3-11(15)12(16)8-10/h2-3,8-9H,4-7H2,1H3,(H,17,20).